The standard InChI is InChI=1S/C15H19F3N2O3/c1-10(2)23-9-5-8-19-13(21)14(22)20-12-7-4-3-6-11(12)15(16,17)18/h3-4,6-7,10H,5,8-9H2,1-2H3,(H,19,21)(H,20,22). The van der Waals surface area contributed by atoms with E-state index in [9.17, 15) is 22.8 Å². The first kappa shape index (κ1) is 19.0. The molecular weight excluding hydrogens is 313 g/mol. The molecule has 0 radical (unpaired) electrons. The van der Waals surface area contributed by atoms with Crippen LogP contribution >= 0.6 is 0 Å². The van der Waals surface area contributed by atoms with Crippen LogP contribution in [0.4, 0.5) is 18.9 Å². The van der Waals surface area contributed by atoms with E-state index < -0.39 is 29.2 Å². The Bertz CT molecular complexity index is 545. The Morgan fingerprint density at radius 2 is 1.83 bits per heavy atom. The van der Waals surface area contributed by atoms with Crippen molar-refractivity contribution in [2.24, 2.45) is 0 Å². The summed E-state index contributed by atoms with van der Waals surface area (Å²) in [5.41, 5.74) is -1.46. The third-order valence-electron chi connectivity index (χ3n) is 2.74. The van der Waals surface area contributed by atoms with E-state index in [1.165, 1.54) is 12.1 Å². The van der Waals surface area contributed by atoms with Crippen LogP contribution in [0.25, 0.3) is 0 Å². The maximum atomic E-state index is 12.8. The first-order chi connectivity index (χ1) is 10.7. The van der Waals surface area contributed by atoms with E-state index in [-0.39, 0.29) is 12.6 Å². The molecule has 2 amide bonds. The number of halogens is 3. The van der Waals surface area contributed by atoms with Gasteiger partial charge in [0.15, 0.2) is 0 Å². The highest BCUT2D eigenvalue weighted by Gasteiger charge is 2.33. The Morgan fingerprint density at radius 3 is 2.43 bits per heavy atom. The van der Waals surface area contributed by atoms with Gasteiger partial charge in [0.1, 0.15) is 0 Å². The van der Waals surface area contributed by atoms with Crippen LogP contribution in [0, 0.1) is 0 Å². The van der Waals surface area contributed by atoms with E-state index in [0.29, 0.717) is 13.0 Å². The Hall–Kier alpha value is -2.09. The normalized spacial score (nSPS) is 11.4. The Balaban J connectivity index is 2.52. The number of carbonyl (C=O) groups is 2. The number of carbonyl (C=O) groups excluding carboxylic acids is 2. The highest BCUT2D eigenvalue weighted by molar-refractivity contribution is 6.39. The number of amides is 2. The fourth-order valence-corrected chi connectivity index (χ4v) is 1.69. The molecule has 2 N–H and O–H groups in total. The lowest BCUT2D eigenvalue weighted by atomic mass is 10.1. The molecule has 0 heterocycles. The van der Waals surface area contributed by atoms with Crippen LogP contribution in [0.3, 0.4) is 0 Å². The largest absolute Gasteiger partial charge is 0.418 e. The molecule has 0 atom stereocenters. The number of rotatable bonds is 6. The molecule has 1 aromatic rings. The molecule has 0 aliphatic heterocycles. The molecule has 0 unspecified atom stereocenters. The van der Waals surface area contributed by atoms with Crippen LogP contribution in [-0.4, -0.2) is 31.1 Å². The number of hydrogen-bond donors (Lipinski definition) is 2. The predicted octanol–water partition coefficient (Wildman–Crippen LogP) is 2.58. The average Bonchev–Trinajstić information content (AvgIpc) is 2.45. The third-order valence-corrected chi connectivity index (χ3v) is 2.74. The van der Waals surface area contributed by atoms with E-state index >= 15 is 0 Å². The minimum atomic E-state index is -4.62. The quantitative estimate of drug-likeness (QED) is 0.621. The molecule has 23 heavy (non-hydrogen) atoms. The number of ether oxygens (including phenoxy) is 1. The molecule has 0 fully saturated rings. The van der Waals surface area contributed by atoms with E-state index in [2.05, 4.69) is 5.32 Å². The fraction of sp³-hybridized carbons (Fsp3) is 0.467. The van der Waals surface area contributed by atoms with Gasteiger partial charge in [-0.2, -0.15) is 13.2 Å². The lowest BCUT2D eigenvalue weighted by molar-refractivity contribution is -0.138. The minimum absolute atomic E-state index is 0.0628. The second kappa shape index (κ2) is 8.52. The maximum absolute atomic E-state index is 12.8. The van der Waals surface area contributed by atoms with Crippen molar-refractivity contribution in [2.75, 3.05) is 18.5 Å². The molecule has 128 valence electrons. The van der Waals surface area contributed by atoms with Gasteiger partial charge in [-0.15, -0.1) is 0 Å². The van der Waals surface area contributed by atoms with Gasteiger partial charge < -0.3 is 15.4 Å². The summed E-state index contributed by atoms with van der Waals surface area (Å²) in [6.45, 7) is 4.34. The highest BCUT2D eigenvalue weighted by atomic mass is 19.4. The van der Waals surface area contributed by atoms with E-state index in [1.807, 2.05) is 19.2 Å². The molecule has 0 bridgehead atoms. The molecular formula is C15H19F3N2O3. The number of anilines is 1. The summed E-state index contributed by atoms with van der Waals surface area (Å²) in [5.74, 6) is -2.14. The number of alkyl halides is 3. The smallest absolute Gasteiger partial charge is 0.379 e. The monoisotopic (exact) mass is 332 g/mol. The maximum Gasteiger partial charge on any atom is 0.418 e. The number of benzene rings is 1. The number of para-hydroxylation sites is 1. The molecule has 1 rings (SSSR count). The first-order valence-electron chi connectivity index (χ1n) is 7.09. The zero-order valence-electron chi connectivity index (χ0n) is 12.9. The molecule has 1 aromatic carbocycles. The molecule has 0 aliphatic carbocycles. The minimum Gasteiger partial charge on any atom is -0.379 e. The van der Waals surface area contributed by atoms with Crippen LogP contribution in [0.5, 0.6) is 0 Å². The van der Waals surface area contributed by atoms with Gasteiger partial charge >= 0.3 is 18.0 Å². The van der Waals surface area contributed by atoms with Crippen LogP contribution < -0.4 is 10.6 Å². The van der Waals surface area contributed by atoms with Gasteiger partial charge in [0, 0.05) is 13.2 Å². The summed E-state index contributed by atoms with van der Waals surface area (Å²) in [7, 11) is 0. The van der Waals surface area contributed by atoms with Crippen molar-refractivity contribution < 1.29 is 27.5 Å². The molecule has 5 nitrogen and oxygen atoms in total. The summed E-state index contributed by atoms with van der Waals surface area (Å²) in [6.07, 6.45) is -4.06. The average molecular weight is 332 g/mol. The molecule has 0 spiro atoms. The van der Waals surface area contributed by atoms with Crippen molar-refractivity contribution in [3.63, 3.8) is 0 Å². The van der Waals surface area contributed by atoms with Crippen molar-refractivity contribution in [3.05, 3.63) is 29.8 Å². The lowest BCUT2D eigenvalue weighted by Crippen LogP contribution is -2.36. The zero-order chi connectivity index (χ0) is 17.5. The molecule has 0 saturated heterocycles. The van der Waals surface area contributed by atoms with Crippen molar-refractivity contribution in [1.29, 1.82) is 0 Å². The van der Waals surface area contributed by atoms with Gasteiger partial charge in [0.2, 0.25) is 0 Å². The lowest BCUT2D eigenvalue weighted by Gasteiger charge is -2.13. The van der Waals surface area contributed by atoms with Crippen molar-refractivity contribution in [1.82, 2.24) is 5.32 Å². The zero-order valence-corrected chi connectivity index (χ0v) is 12.9. The van der Waals surface area contributed by atoms with Crippen molar-refractivity contribution >= 4 is 17.5 Å². The first-order valence-corrected chi connectivity index (χ1v) is 7.09. The Labute approximate surface area is 132 Å². The van der Waals surface area contributed by atoms with Gasteiger partial charge in [-0.1, -0.05) is 12.1 Å². The topological polar surface area (TPSA) is 67.4 Å². The Kier molecular flexibility index (Phi) is 7.02. The summed E-state index contributed by atoms with van der Waals surface area (Å²) < 4.78 is 43.6. The second-order valence-electron chi connectivity index (χ2n) is 5.03. The van der Waals surface area contributed by atoms with Crippen LogP contribution in [0.1, 0.15) is 25.8 Å². The molecule has 0 aliphatic rings. The van der Waals surface area contributed by atoms with Gasteiger partial charge in [-0.3, -0.25) is 9.59 Å². The van der Waals surface area contributed by atoms with E-state index in [1.54, 1.807) is 0 Å². The predicted molar refractivity (Wildman–Crippen MR) is 78.8 cm³/mol. The summed E-state index contributed by atoms with van der Waals surface area (Å²) in [5, 5.41) is 4.30. The van der Waals surface area contributed by atoms with Gasteiger partial charge in [-0.05, 0) is 32.4 Å². The summed E-state index contributed by atoms with van der Waals surface area (Å²) in [6, 6.07) is 4.46. The van der Waals surface area contributed by atoms with E-state index in [4.69, 9.17) is 4.74 Å². The third kappa shape index (κ3) is 6.68. The Morgan fingerprint density at radius 1 is 1.17 bits per heavy atom. The number of hydrogen-bond acceptors (Lipinski definition) is 3. The molecule has 0 aromatic heterocycles. The van der Waals surface area contributed by atoms with Gasteiger partial charge in [0.25, 0.3) is 0 Å². The van der Waals surface area contributed by atoms with Crippen LogP contribution in [0.2, 0.25) is 0 Å². The van der Waals surface area contributed by atoms with Crippen molar-refractivity contribution in [3.8, 4) is 0 Å². The van der Waals surface area contributed by atoms with Crippen LogP contribution in [-0.2, 0) is 20.5 Å². The van der Waals surface area contributed by atoms with Gasteiger partial charge in [-0.25, -0.2) is 0 Å². The van der Waals surface area contributed by atoms with E-state index in [0.717, 1.165) is 12.1 Å². The van der Waals surface area contributed by atoms with Gasteiger partial charge in [0.05, 0.1) is 17.4 Å². The SMILES string of the molecule is CC(C)OCCCNC(=O)C(=O)Nc1ccccc1C(F)(F)F. The van der Waals surface area contributed by atoms with Crippen LogP contribution in [0.15, 0.2) is 24.3 Å². The molecule has 8 heteroatoms. The number of nitrogens with one attached hydrogen (secondary N) is 2. The highest BCUT2D eigenvalue weighted by Crippen LogP contribution is 2.34. The second-order valence-corrected chi connectivity index (χ2v) is 5.03. The fourth-order valence-electron chi connectivity index (χ4n) is 1.69. The van der Waals surface area contributed by atoms with Crippen molar-refractivity contribution in [2.45, 2.75) is 32.5 Å². The summed E-state index contributed by atoms with van der Waals surface area (Å²) in [4.78, 5) is 23.2. The summed E-state index contributed by atoms with van der Waals surface area (Å²) >= 11 is 0. The molecule has 0 saturated carbocycles.